The van der Waals surface area contributed by atoms with Crippen LogP contribution in [0.25, 0.3) is 0 Å². The second-order valence-electron chi connectivity index (χ2n) is 3.71. The first-order valence-corrected chi connectivity index (χ1v) is 5.06. The zero-order chi connectivity index (χ0) is 11.5. The maximum atomic E-state index is 11.9. The van der Waals surface area contributed by atoms with E-state index in [2.05, 4.69) is 0 Å². The lowest BCUT2D eigenvalue weighted by atomic mass is 9.92. The highest BCUT2D eigenvalue weighted by molar-refractivity contribution is 6.01. The van der Waals surface area contributed by atoms with E-state index in [1.165, 1.54) is 0 Å². The van der Waals surface area contributed by atoms with Crippen LogP contribution in [0, 0.1) is 16.0 Å². The van der Waals surface area contributed by atoms with Crippen LogP contribution in [0.3, 0.4) is 0 Å². The number of benzene rings is 1. The highest BCUT2D eigenvalue weighted by Gasteiger charge is 2.29. The molecule has 0 bridgehead atoms. The zero-order valence-corrected chi connectivity index (χ0v) is 8.59. The number of nitrogens with zero attached hydrogens (tertiary/aromatic N) is 1. The quantitative estimate of drug-likeness (QED) is 0.573. The summed E-state index contributed by atoms with van der Waals surface area (Å²) < 4.78 is 5.40. The van der Waals surface area contributed by atoms with Crippen molar-refractivity contribution in [1.29, 1.82) is 0 Å². The van der Waals surface area contributed by atoms with E-state index in [1.807, 2.05) is 0 Å². The average molecular weight is 221 g/mol. The number of hydrogen-bond donors (Lipinski definition) is 0. The van der Waals surface area contributed by atoms with Crippen LogP contribution in [0.4, 0.5) is 0 Å². The lowest BCUT2D eigenvalue weighted by molar-refractivity contribution is -0.481. The predicted octanol–water partition coefficient (Wildman–Crippen LogP) is 1.54. The monoisotopic (exact) mass is 221 g/mol. The minimum absolute atomic E-state index is 0.0521. The molecule has 0 aromatic heterocycles. The van der Waals surface area contributed by atoms with Crippen molar-refractivity contribution in [3.8, 4) is 5.75 Å². The predicted molar refractivity (Wildman–Crippen MR) is 56.2 cm³/mol. The van der Waals surface area contributed by atoms with E-state index in [-0.39, 0.29) is 31.3 Å². The van der Waals surface area contributed by atoms with E-state index in [0.29, 0.717) is 11.3 Å². The minimum atomic E-state index is -0.409. The first-order chi connectivity index (χ1) is 7.68. The maximum Gasteiger partial charge on any atom is 0.204 e. The second-order valence-corrected chi connectivity index (χ2v) is 3.71. The van der Waals surface area contributed by atoms with Crippen LogP contribution in [-0.2, 0) is 0 Å². The fraction of sp³-hybridized carbons (Fsp3) is 0.364. The molecule has 0 amide bonds. The van der Waals surface area contributed by atoms with Gasteiger partial charge in [0.2, 0.25) is 6.54 Å². The summed E-state index contributed by atoms with van der Waals surface area (Å²) in [6.45, 7) is 0.0472. The number of hydrogen-bond acceptors (Lipinski definition) is 4. The Labute approximate surface area is 92.2 Å². The lowest BCUT2D eigenvalue weighted by Crippen LogP contribution is -2.29. The van der Waals surface area contributed by atoms with Gasteiger partial charge in [-0.3, -0.25) is 14.9 Å². The van der Waals surface area contributed by atoms with Gasteiger partial charge < -0.3 is 4.74 Å². The Morgan fingerprint density at radius 3 is 2.94 bits per heavy atom. The normalized spacial score (nSPS) is 18.8. The second kappa shape index (κ2) is 4.30. The number of rotatable bonds is 3. The van der Waals surface area contributed by atoms with Crippen molar-refractivity contribution in [2.75, 3.05) is 13.2 Å². The van der Waals surface area contributed by atoms with Gasteiger partial charge in [0.05, 0.1) is 18.1 Å². The summed E-state index contributed by atoms with van der Waals surface area (Å²) >= 11 is 0. The third-order valence-corrected chi connectivity index (χ3v) is 2.62. The Bertz CT molecular complexity index is 430. The fourth-order valence-electron chi connectivity index (χ4n) is 1.76. The van der Waals surface area contributed by atoms with E-state index in [1.54, 1.807) is 24.3 Å². The van der Waals surface area contributed by atoms with Crippen molar-refractivity contribution in [3.63, 3.8) is 0 Å². The lowest BCUT2D eigenvalue weighted by Gasteiger charge is -2.22. The molecule has 1 aromatic carbocycles. The molecule has 0 radical (unpaired) electrons. The molecule has 1 aliphatic rings. The maximum absolute atomic E-state index is 11.9. The number of ether oxygens (including phenoxy) is 1. The number of ketones is 1. The molecule has 1 unspecified atom stereocenters. The molecule has 0 saturated carbocycles. The third kappa shape index (κ3) is 2.03. The summed E-state index contributed by atoms with van der Waals surface area (Å²) in [4.78, 5) is 21.8. The SMILES string of the molecule is O=C1c2ccccc2OCC1CC[N+](=O)[O-]. The molecule has 0 N–H and O–H groups in total. The van der Waals surface area contributed by atoms with Crippen molar-refractivity contribution in [3.05, 3.63) is 39.9 Å². The van der Waals surface area contributed by atoms with Crippen molar-refractivity contribution in [1.82, 2.24) is 0 Å². The third-order valence-electron chi connectivity index (χ3n) is 2.62. The van der Waals surface area contributed by atoms with Crippen molar-refractivity contribution < 1.29 is 14.5 Å². The summed E-state index contributed by atoms with van der Waals surface area (Å²) in [7, 11) is 0. The molecule has 0 aliphatic carbocycles. The van der Waals surface area contributed by atoms with Gasteiger partial charge in [-0.05, 0) is 12.1 Å². The number of nitro groups is 1. The summed E-state index contributed by atoms with van der Waals surface area (Å²) in [5.41, 5.74) is 0.530. The van der Waals surface area contributed by atoms with Crippen LogP contribution >= 0.6 is 0 Å². The van der Waals surface area contributed by atoms with Gasteiger partial charge in [0, 0.05) is 11.3 Å². The first kappa shape index (κ1) is 10.6. The molecule has 5 heteroatoms. The van der Waals surface area contributed by atoms with E-state index in [4.69, 9.17) is 4.74 Å². The first-order valence-electron chi connectivity index (χ1n) is 5.06. The molecular formula is C11H11NO4. The Hall–Kier alpha value is -1.91. The Morgan fingerprint density at radius 2 is 2.19 bits per heavy atom. The topological polar surface area (TPSA) is 69.4 Å². The van der Waals surface area contributed by atoms with Crippen LogP contribution in [0.1, 0.15) is 16.8 Å². The van der Waals surface area contributed by atoms with Crippen molar-refractivity contribution in [2.45, 2.75) is 6.42 Å². The van der Waals surface area contributed by atoms with E-state index < -0.39 is 4.92 Å². The number of carbonyl (C=O) groups is 1. The molecular weight excluding hydrogens is 210 g/mol. The number of Topliss-reactive ketones (excluding diaryl/α,β-unsaturated/α-hetero) is 1. The Morgan fingerprint density at radius 1 is 1.44 bits per heavy atom. The summed E-state index contributed by atoms with van der Waals surface area (Å²) in [5, 5.41) is 10.2. The van der Waals surface area contributed by atoms with E-state index in [9.17, 15) is 14.9 Å². The molecule has 16 heavy (non-hydrogen) atoms. The summed E-state index contributed by atoms with van der Waals surface area (Å²) in [6.07, 6.45) is 0.236. The van der Waals surface area contributed by atoms with Crippen LogP contribution in [-0.4, -0.2) is 23.9 Å². The van der Waals surface area contributed by atoms with Crippen molar-refractivity contribution in [2.24, 2.45) is 5.92 Å². The molecule has 1 heterocycles. The molecule has 0 spiro atoms. The van der Waals surface area contributed by atoms with Gasteiger partial charge >= 0.3 is 0 Å². The minimum Gasteiger partial charge on any atom is -0.492 e. The van der Waals surface area contributed by atoms with Gasteiger partial charge in [-0.15, -0.1) is 0 Å². The standard InChI is InChI=1S/C11H11NO4/c13-11-8(5-6-12(14)15)7-16-10-4-2-1-3-9(10)11/h1-4,8H,5-7H2. The van der Waals surface area contributed by atoms with E-state index in [0.717, 1.165) is 0 Å². The number of para-hydroxylation sites is 1. The highest BCUT2D eigenvalue weighted by Crippen LogP contribution is 2.28. The molecule has 1 aromatic rings. The van der Waals surface area contributed by atoms with Crippen LogP contribution in [0.15, 0.2) is 24.3 Å². The van der Waals surface area contributed by atoms with Gasteiger partial charge in [-0.25, -0.2) is 0 Å². The highest BCUT2D eigenvalue weighted by atomic mass is 16.6. The molecule has 0 fully saturated rings. The molecule has 2 rings (SSSR count). The van der Waals surface area contributed by atoms with Crippen molar-refractivity contribution >= 4 is 5.78 Å². The van der Waals surface area contributed by atoms with E-state index >= 15 is 0 Å². The van der Waals surface area contributed by atoms with Gasteiger partial charge in [-0.1, -0.05) is 12.1 Å². The molecule has 5 nitrogen and oxygen atoms in total. The van der Waals surface area contributed by atoms with Crippen LogP contribution < -0.4 is 4.74 Å². The van der Waals surface area contributed by atoms with Gasteiger partial charge in [0.1, 0.15) is 5.75 Å². The average Bonchev–Trinajstić information content (AvgIpc) is 2.28. The molecule has 84 valence electrons. The Kier molecular flexibility index (Phi) is 2.85. The number of fused-ring (bicyclic) bond motifs is 1. The fourth-order valence-corrected chi connectivity index (χ4v) is 1.76. The zero-order valence-electron chi connectivity index (χ0n) is 8.59. The van der Waals surface area contributed by atoms with Gasteiger partial charge in [-0.2, -0.15) is 0 Å². The largest absolute Gasteiger partial charge is 0.492 e. The van der Waals surface area contributed by atoms with Crippen LogP contribution in [0.2, 0.25) is 0 Å². The summed E-state index contributed by atoms with van der Waals surface area (Å²) in [6, 6.07) is 6.98. The summed E-state index contributed by atoms with van der Waals surface area (Å²) in [5.74, 6) is 0.133. The Balaban J connectivity index is 2.12. The van der Waals surface area contributed by atoms with Gasteiger partial charge in [0.15, 0.2) is 5.78 Å². The molecule has 1 atom stereocenters. The van der Waals surface area contributed by atoms with Gasteiger partial charge in [0.25, 0.3) is 0 Å². The molecule has 0 saturated heterocycles. The van der Waals surface area contributed by atoms with Crippen LogP contribution in [0.5, 0.6) is 5.75 Å². The molecule has 1 aliphatic heterocycles. The smallest absolute Gasteiger partial charge is 0.204 e. The number of carbonyl (C=O) groups excluding carboxylic acids is 1.